The molecule has 4 N–H and O–H groups in total. The summed E-state index contributed by atoms with van der Waals surface area (Å²) >= 11 is 0. The van der Waals surface area contributed by atoms with Crippen molar-refractivity contribution in [1.82, 2.24) is 4.90 Å². The molecule has 0 saturated carbocycles. The van der Waals surface area contributed by atoms with Crippen LogP contribution >= 0.6 is 0 Å². The molecule has 62 valence electrons. The Kier molecular flexibility index (Phi) is 3.10. The highest BCUT2D eigenvalue weighted by molar-refractivity contribution is 5.84. The fraction of sp³-hybridized carbons (Fsp3) is 0.333. The van der Waals surface area contributed by atoms with Crippen LogP contribution in [0.15, 0.2) is 12.7 Å². The monoisotopic (exact) mass is 157 g/mol. The molecule has 0 aliphatic carbocycles. The van der Waals surface area contributed by atoms with Gasteiger partial charge >= 0.3 is 5.97 Å². The first-order valence-electron chi connectivity index (χ1n) is 2.93. The number of nitrogens with zero attached hydrogens (tertiary/aromatic N) is 1. The minimum atomic E-state index is -1.07. The smallest absolute Gasteiger partial charge is 0.330 e. The van der Waals surface area contributed by atoms with Crippen LogP contribution in [-0.4, -0.2) is 35.0 Å². The molecule has 0 aromatic rings. The first-order chi connectivity index (χ1) is 5.00. The summed E-state index contributed by atoms with van der Waals surface area (Å²) < 4.78 is 0. The van der Waals surface area contributed by atoms with E-state index in [9.17, 15) is 4.79 Å². The van der Waals surface area contributed by atoms with Gasteiger partial charge in [-0.3, -0.25) is 5.41 Å². The Labute approximate surface area is 64.6 Å². The van der Waals surface area contributed by atoms with E-state index in [1.165, 1.54) is 13.1 Å². The van der Waals surface area contributed by atoms with Crippen LogP contribution in [0.3, 0.4) is 0 Å². The predicted octanol–water partition coefficient (Wildman–Crippen LogP) is -0.549. The predicted molar refractivity (Wildman–Crippen MR) is 41.3 cm³/mol. The van der Waals surface area contributed by atoms with Gasteiger partial charge in [0.25, 0.3) is 0 Å². The molecule has 1 atom stereocenters. The lowest BCUT2D eigenvalue weighted by Crippen LogP contribution is -2.44. The summed E-state index contributed by atoms with van der Waals surface area (Å²) in [6.45, 7) is 3.31. The molecule has 0 aliphatic rings. The third-order valence-corrected chi connectivity index (χ3v) is 1.27. The van der Waals surface area contributed by atoms with Gasteiger partial charge in [0.1, 0.15) is 6.04 Å². The van der Waals surface area contributed by atoms with Gasteiger partial charge in [0, 0.05) is 7.05 Å². The molecule has 5 heteroatoms. The highest BCUT2D eigenvalue weighted by Crippen LogP contribution is 1.95. The van der Waals surface area contributed by atoms with Crippen LogP contribution in [-0.2, 0) is 4.79 Å². The second-order valence-corrected chi connectivity index (χ2v) is 2.01. The minimum absolute atomic E-state index is 0.294. The number of nitrogens with one attached hydrogen (secondary N) is 1. The fourth-order valence-corrected chi connectivity index (χ4v) is 0.574. The molecule has 0 aromatic carbocycles. The maximum Gasteiger partial charge on any atom is 0.330 e. The summed E-state index contributed by atoms with van der Waals surface area (Å²) in [6, 6.07) is -0.924. The van der Waals surface area contributed by atoms with E-state index >= 15 is 0 Å². The molecule has 0 aliphatic heterocycles. The van der Waals surface area contributed by atoms with Gasteiger partial charge in [0.15, 0.2) is 5.96 Å². The zero-order valence-corrected chi connectivity index (χ0v) is 6.24. The number of rotatable bonds is 3. The van der Waals surface area contributed by atoms with Crippen LogP contribution in [0.25, 0.3) is 0 Å². The Morgan fingerprint density at radius 3 is 2.45 bits per heavy atom. The van der Waals surface area contributed by atoms with Crippen molar-refractivity contribution in [2.45, 2.75) is 6.04 Å². The Hall–Kier alpha value is -1.52. The normalized spacial score (nSPS) is 11.7. The number of likely N-dealkylation sites (N-methyl/N-ethyl adjacent to an activating group) is 1. The van der Waals surface area contributed by atoms with Crippen molar-refractivity contribution in [3.8, 4) is 0 Å². The van der Waals surface area contributed by atoms with Crippen molar-refractivity contribution in [2.75, 3.05) is 7.05 Å². The van der Waals surface area contributed by atoms with Gasteiger partial charge in [0.2, 0.25) is 0 Å². The van der Waals surface area contributed by atoms with E-state index in [0.29, 0.717) is 0 Å². The molecule has 1 unspecified atom stereocenters. The SMILES string of the molecule is C=CC(C(=O)O)N(C)C(=N)N. The fourth-order valence-electron chi connectivity index (χ4n) is 0.574. The first kappa shape index (κ1) is 9.48. The summed E-state index contributed by atoms with van der Waals surface area (Å²) in [5.74, 6) is -1.37. The number of carbonyl (C=O) groups is 1. The number of guanidine groups is 1. The van der Waals surface area contributed by atoms with Crippen LogP contribution in [0.1, 0.15) is 0 Å². The quantitative estimate of drug-likeness (QED) is 0.291. The number of carboxylic acid groups (broad SMARTS) is 1. The van der Waals surface area contributed by atoms with Crippen molar-refractivity contribution < 1.29 is 9.90 Å². The zero-order valence-electron chi connectivity index (χ0n) is 6.24. The van der Waals surface area contributed by atoms with Crippen LogP contribution < -0.4 is 5.73 Å². The van der Waals surface area contributed by atoms with Gasteiger partial charge < -0.3 is 15.7 Å². The van der Waals surface area contributed by atoms with E-state index in [0.717, 1.165) is 4.90 Å². The Bertz CT molecular complexity index is 190. The van der Waals surface area contributed by atoms with Crippen molar-refractivity contribution >= 4 is 11.9 Å². The summed E-state index contributed by atoms with van der Waals surface area (Å²) in [5.41, 5.74) is 5.05. The molecular weight excluding hydrogens is 146 g/mol. The molecule has 5 nitrogen and oxygen atoms in total. The zero-order chi connectivity index (χ0) is 9.02. The standard InChI is InChI=1S/C6H11N3O2/c1-3-4(5(10)11)9(2)6(7)8/h3-4H,1H2,2H3,(H3,7,8)(H,10,11). The molecule has 0 aromatic heterocycles. The molecular formula is C6H11N3O2. The Morgan fingerprint density at radius 1 is 1.91 bits per heavy atom. The third-order valence-electron chi connectivity index (χ3n) is 1.27. The molecule has 11 heavy (non-hydrogen) atoms. The van der Waals surface area contributed by atoms with Crippen LogP contribution in [0.2, 0.25) is 0 Å². The van der Waals surface area contributed by atoms with Gasteiger partial charge in [-0.05, 0) is 0 Å². The molecule has 0 fully saturated rings. The summed E-state index contributed by atoms with van der Waals surface area (Å²) in [7, 11) is 1.42. The van der Waals surface area contributed by atoms with Crippen molar-refractivity contribution in [1.29, 1.82) is 5.41 Å². The largest absolute Gasteiger partial charge is 0.479 e. The molecule has 0 radical (unpaired) electrons. The molecule has 0 saturated heterocycles. The van der Waals surface area contributed by atoms with Crippen LogP contribution in [0.4, 0.5) is 0 Å². The number of nitrogens with two attached hydrogens (primary N) is 1. The lowest BCUT2D eigenvalue weighted by Gasteiger charge is -2.21. The second kappa shape index (κ2) is 3.60. The lowest BCUT2D eigenvalue weighted by atomic mass is 10.3. The van der Waals surface area contributed by atoms with Crippen molar-refractivity contribution in [3.63, 3.8) is 0 Å². The van der Waals surface area contributed by atoms with E-state index in [-0.39, 0.29) is 5.96 Å². The molecule has 0 heterocycles. The Balaban J connectivity index is 4.37. The highest BCUT2D eigenvalue weighted by Gasteiger charge is 2.19. The minimum Gasteiger partial charge on any atom is -0.479 e. The van der Waals surface area contributed by atoms with E-state index in [2.05, 4.69) is 6.58 Å². The van der Waals surface area contributed by atoms with Crippen molar-refractivity contribution in [2.24, 2.45) is 5.73 Å². The van der Waals surface area contributed by atoms with Crippen LogP contribution in [0, 0.1) is 5.41 Å². The highest BCUT2D eigenvalue weighted by atomic mass is 16.4. The average molecular weight is 157 g/mol. The number of hydrogen-bond donors (Lipinski definition) is 3. The van der Waals surface area contributed by atoms with E-state index in [1.54, 1.807) is 0 Å². The van der Waals surface area contributed by atoms with E-state index < -0.39 is 12.0 Å². The number of hydrogen-bond acceptors (Lipinski definition) is 2. The molecule has 0 bridgehead atoms. The molecule has 0 amide bonds. The van der Waals surface area contributed by atoms with Crippen LogP contribution in [0.5, 0.6) is 0 Å². The molecule has 0 rings (SSSR count). The first-order valence-corrected chi connectivity index (χ1v) is 2.93. The maximum absolute atomic E-state index is 10.4. The topological polar surface area (TPSA) is 90.4 Å². The molecule has 0 spiro atoms. The summed E-state index contributed by atoms with van der Waals surface area (Å²) in [6.07, 6.45) is 1.21. The van der Waals surface area contributed by atoms with Gasteiger partial charge in [-0.25, -0.2) is 4.79 Å². The summed E-state index contributed by atoms with van der Waals surface area (Å²) in [4.78, 5) is 11.5. The van der Waals surface area contributed by atoms with Gasteiger partial charge in [-0.2, -0.15) is 0 Å². The van der Waals surface area contributed by atoms with E-state index in [1.807, 2.05) is 0 Å². The van der Waals surface area contributed by atoms with Gasteiger partial charge in [-0.15, -0.1) is 6.58 Å². The maximum atomic E-state index is 10.4. The third kappa shape index (κ3) is 2.29. The lowest BCUT2D eigenvalue weighted by molar-refractivity contribution is -0.139. The number of carboxylic acids is 1. The Morgan fingerprint density at radius 2 is 2.36 bits per heavy atom. The van der Waals surface area contributed by atoms with Gasteiger partial charge in [-0.1, -0.05) is 6.08 Å². The van der Waals surface area contributed by atoms with Crippen molar-refractivity contribution in [3.05, 3.63) is 12.7 Å². The average Bonchev–Trinajstić information content (AvgIpc) is 1.88. The number of aliphatic carboxylic acids is 1. The van der Waals surface area contributed by atoms with Gasteiger partial charge in [0.05, 0.1) is 0 Å². The van der Waals surface area contributed by atoms with E-state index in [4.69, 9.17) is 16.2 Å². The second-order valence-electron chi connectivity index (χ2n) is 2.01. The summed E-state index contributed by atoms with van der Waals surface area (Å²) in [5, 5.41) is 15.4.